The molecule has 0 spiro atoms. The quantitative estimate of drug-likeness (QED) is 0.755. The molecule has 0 N–H and O–H groups in total. The Morgan fingerprint density at radius 2 is 2.09 bits per heavy atom. The predicted molar refractivity (Wildman–Crippen MR) is 84.7 cm³/mol. The topological polar surface area (TPSA) is 49.9 Å². The van der Waals surface area contributed by atoms with Gasteiger partial charge in [-0.05, 0) is 36.8 Å². The van der Waals surface area contributed by atoms with E-state index in [2.05, 4.69) is 24.3 Å². The van der Waals surface area contributed by atoms with Gasteiger partial charge in [0.15, 0.2) is 0 Å². The smallest absolute Gasteiger partial charge is 0.410 e. The van der Waals surface area contributed by atoms with E-state index in [1.165, 1.54) is 9.80 Å². The minimum absolute atomic E-state index is 0.00953. The van der Waals surface area contributed by atoms with Crippen LogP contribution in [0.2, 0.25) is 0 Å². The molecule has 22 heavy (non-hydrogen) atoms. The highest BCUT2D eigenvalue weighted by Crippen LogP contribution is 2.29. The highest BCUT2D eigenvalue weighted by atomic mass is 32.2. The molecule has 0 bridgehead atoms. The third-order valence-electron chi connectivity index (χ3n) is 3.99. The molecule has 2 amide bonds. The van der Waals surface area contributed by atoms with Gasteiger partial charge in [-0.3, -0.25) is 9.69 Å². The van der Waals surface area contributed by atoms with E-state index in [0.29, 0.717) is 25.7 Å². The van der Waals surface area contributed by atoms with Gasteiger partial charge in [0, 0.05) is 17.5 Å². The summed E-state index contributed by atoms with van der Waals surface area (Å²) >= 11 is 1.70. The van der Waals surface area contributed by atoms with Gasteiger partial charge in [0.05, 0.1) is 6.54 Å². The van der Waals surface area contributed by atoms with E-state index >= 15 is 0 Å². The third-order valence-corrected chi connectivity index (χ3v) is 4.73. The summed E-state index contributed by atoms with van der Waals surface area (Å²) in [6.07, 6.45) is 3.77. The molecule has 5 nitrogen and oxygen atoms in total. The number of thioether (sulfide) groups is 1. The van der Waals surface area contributed by atoms with Crippen molar-refractivity contribution in [1.82, 2.24) is 9.80 Å². The van der Waals surface area contributed by atoms with Crippen molar-refractivity contribution in [1.29, 1.82) is 0 Å². The number of carbonyl (C=O) groups is 2. The van der Waals surface area contributed by atoms with Gasteiger partial charge in [0.2, 0.25) is 5.91 Å². The second-order valence-corrected chi connectivity index (χ2v) is 6.52. The maximum absolute atomic E-state index is 12.5. The fraction of sp³-hybridized carbons (Fsp3) is 0.500. The second kappa shape index (κ2) is 6.60. The summed E-state index contributed by atoms with van der Waals surface area (Å²) in [7, 11) is 0. The summed E-state index contributed by atoms with van der Waals surface area (Å²) in [4.78, 5) is 28.6. The lowest BCUT2D eigenvalue weighted by Crippen LogP contribution is -2.41. The number of hydrogen-bond donors (Lipinski definition) is 0. The number of nitrogens with zero attached hydrogens (tertiary/aromatic N) is 2. The van der Waals surface area contributed by atoms with Crippen molar-refractivity contribution in [3.63, 3.8) is 0 Å². The molecule has 0 unspecified atom stereocenters. The monoisotopic (exact) mass is 320 g/mol. The molecule has 1 aliphatic carbocycles. The fourth-order valence-corrected chi connectivity index (χ4v) is 2.97. The van der Waals surface area contributed by atoms with E-state index in [9.17, 15) is 9.59 Å². The molecule has 0 aromatic heterocycles. The van der Waals surface area contributed by atoms with Crippen LogP contribution in [0.4, 0.5) is 4.79 Å². The molecule has 118 valence electrons. The van der Waals surface area contributed by atoms with Crippen LogP contribution >= 0.6 is 11.8 Å². The fourth-order valence-electron chi connectivity index (χ4n) is 2.56. The van der Waals surface area contributed by atoms with E-state index < -0.39 is 0 Å². The lowest BCUT2D eigenvalue weighted by atomic mass is 10.2. The van der Waals surface area contributed by atoms with E-state index in [1.54, 1.807) is 11.8 Å². The molecular formula is C16H20N2O3S. The summed E-state index contributed by atoms with van der Waals surface area (Å²) in [5, 5.41) is 0. The minimum atomic E-state index is -0.381. The third kappa shape index (κ3) is 3.55. The Kier molecular flexibility index (Phi) is 4.57. The molecule has 2 aliphatic rings. The van der Waals surface area contributed by atoms with E-state index in [1.807, 2.05) is 11.2 Å². The van der Waals surface area contributed by atoms with Gasteiger partial charge in [-0.2, -0.15) is 0 Å². The van der Waals surface area contributed by atoms with Crippen molar-refractivity contribution in [3.8, 4) is 0 Å². The molecule has 1 saturated carbocycles. The van der Waals surface area contributed by atoms with E-state index in [0.717, 1.165) is 18.4 Å². The highest BCUT2D eigenvalue weighted by molar-refractivity contribution is 7.98. The van der Waals surface area contributed by atoms with Crippen LogP contribution in [0.15, 0.2) is 29.2 Å². The molecule has 1 heterocycles. The van der Waals surface area contributed by atoms with Gasteiger partial charge in [0.1, 0.15) is 13.2 Å². The van der Waals surface area contributed by atoms with Crippen molar-refractivity contribution >= 4 is 23.8 Å². The average Bonchev–Trinajstić information content (AvgIpc) is 3.29. The molecule has 6 heteroatoms. The summed E-state index contributed by atoms with van der Waals surface area (Å²) in [5.41, 5.74) is 1.13. The number of carbonyl (C=O) groups excluding carboxylic acids is 2. The van der Waals surface area contributed by atoms with Gasteiger partial charge >= 0.3 is 6.09 Å². The number of cyclic esters (lactones) is 1. The van der Waals surface area contributed by atoms with Gasteiger partial charge in [-0.25, -0.2) is 4.79 Å². The lowest BCUT2D eigenvalue weighted by Gasteiger charge is -2.24. The maximum atomic E-state index is 12.5. The van der Waals surface area contributed by atoms with Gasteiger partial charge in [-0.15, -0.1) is 11.8 Å². The first-order valence-electron chi connectivity index (χ1n) is 7.51. The van der Waals surface area contributed by atoms with Crippen LogP contribution in [0, 0.1) is 0 Å². The van der Waals surface area contributed by atoms with Crippen molar-refractivity contribution in [2.45, 2.75) is 30.3 Å². The zero-order valence-electron chi connectivity index (χ0n) is 12.7. The molecular weight excluding hydrogens is 300 g/mol. The van der Waals surface area contributed by atoms with Gasteiger partial charge in [0.25, 0.3) is 0 Å². The van der Waals surface area contributed by atoms with Crippen LogP contribution in [0.5, 0.6) is 0 Å². The Hall–Kier alpha value is -1.69. The van der Waals surface area contributed by atoms with Crippen molar-refractivity contribution < 1.29 is 14.3 Å². The summed E-state index contributed by atoms with van der Waals surface area (Å²) < 4.78 is 4.88. The lowest BCUT2D eigenvalue weighted by molar-refractivity contribution is -0.132. The average molecular weight is 320 g/mol. The SMILES string of the molecule is CSc1ccc(CN(C(=O)CN2CCOC2=O)C2CC2)cc1. The molecule has 3 rings (SSSR count). The first-order valence-corrected chi connectivity index (χ1v) is 8.74. The summed E-state index contributed by atoms with van der Waals surface area (Å²) in [6.45, 7) is 1.62. The normalized spacial score (nSPS) is 17.5. The number of amides is 2. The maximum Gasteiger partial charge on any atom is 0.410 e. The number of hydrogen-bond acceptors (Lipinski definition) is 4. The predicted octanol–water partition coefficient (Wildman–Crippen LogP) is 2.35. The van der Waals surface area contributed by atoms with Crippen molar-refractivity contribution in [3.05, 3.63) is 29.8 Å². The molecule has 0 radical (unpaired) electrons. The molecule has 0 atom stereocenters. The van der Waals surface area contributed by atoms with Crippen LogP contribution in [0.1, 0.15) is 18.4 Å². The Morgan fingerprint density at radius 3 is 2.64 bits per heavy atom. The summed E-state index contributed by atoms with van der Waals surface area (Å²) in [6, 6.07) is 8.62. The van der Waals surface area contributed by atoms with Gasteiger partial charge < -0.3 is 9.64 Å². The molecule has 1 aromatic carbocycles. The Labute approximate surface area is 134 Å². The second-order valence-electron chi connectivity index (χ2n) is 5.64. The van der Waals surface area contributed by atoms with Crippen LogP contribution < -0.4 is 0 Å². The van der Waals surface area contributed by atoms with Crippen LogP contribution in [-0.4, -0.2) is 53.8 Å². The number of ether oxygens (including phenoxy) is 1. The Morgan fingerprint density at radius 1 is 1.36 bits per heavy atom. The largest absolute Gasteiger partial charge is 0.448 e. The first-order chi connectivity index (χ1) is 10.7. The minimum Gasteiger partial charge on any atom is -0.448 e. The zero-order valence-corrected chi connectivity index (χ0v) is 13.5. The van der Waals surface area contributed by atoms with Crippen molar-refractivity contribution in [2.24, 2.45) is 0 Å². The molecule has 1 saturated heterocycles. The molecule has 2 fully saturated rings. The molecule has 1 aliphatic heterocycles. The van der Waals surface area contributed by atoms with Crippen LogP contribution in [0.25, 0.3) is 0 Å². The van der Waals surface area contributed by atoms with Crippen molar-refractivity contribution in [2.75, 3.05) is 26.0 Å². The van der Waals surface area contributed by atoms with E-state index in [4.69, 9.17) is 4.74 Å². The number of rotatable bonds is 6. The van der Waals surface area contributed by atoms with Gasteiger partial charge in [-0.1, -0.05) is 12.1 Å². The zero-order chi connectivity index (χ0) is 15.5. The summed E-state index contributed by atoms with van der Waals surface area (Å²) in [5.74, 6) is 0.00953. The first kappa shape index (κ1) is 15.2. The Bertz CT molecular complexity index is 557. The van der Waals surface area contributed by atoms with E-state index in [-0.39, 0.29) is 18.5 Å². The Balaban J connectivity index is 1.64. The standard InChI is InChI=1S/C16H20N2O3S/c1-22-14-6-2-12(3-7-14)10-18(13-4-5-13)15(19)11-17-8-9-21-16(17)20/h2-3,6-7,13H,4-5,8-11H2,1H3. The molecule has 1 aromatic rings. The highest BCUT2D eigenvalue weighted by Gasteiger charge is 2.34. The number of benzene rings is 1. The van der Waals surface area contributed by atoms with Crippen LogP contribution in [-0.2, 0) is 16.1 Å². The van der Waals surface area contributed by atoms with Crippen LogP contribution in [0.3, 0.4) is 0 Å².